The zero-order chi connectivity index (χ0) is 13.4. The minimum atomic E-state index is -1.16. The van der Waals surface area contributed by atoms with Crippen LogP contribution in [0.5, 0.6) is 11.5 Å². The molecule has 1 aromatic carbocycles. The van der Waals surface area contributed by atoms with Crippen molar-refractivity contribution in [2.24, 2.45) is 5.73 Å². The Hall–Kier alpha value is -2.54. The van der Waals surface area contributed by atoms with Crippen molar-refractivity contribution in [2.75, 3.05) is 6.79 Å². The molecule has 1 unspecified atom stereocenters. The van der Waals surface area contributed by atoms with Gasteiger partial charge in [0, 0.05) is 5.56 Å². The molecule has 4 N–H and O–H groups in total. The summed E-state index contributed by atoms with van der Waals surface area (Å²) < 4.78 is 10.5. The lowest BCUT2D eigenvalue weighted by Crippen LogP contribution is -2.21. The van der Waals surface area contributed by atoms with Crippen molar-refractivity contribution in [1.29, 1.82) is 0 Å². The second-order valence-corrected chi connectivity index (χ2v) is 4.07. The summed E-state index contributed by atoms with van der Waals surface area (Å²) in [6.07, 6.45) is 1.54. The first kappa shape index (κ1) is 11.5. The summed E-state index contributed by atoms with van der Waals surface area (Å²) in [5.41, 5.74) is 6.97. The lowest BCUT2D eigenvalue weighted by Gasteiger charge is -2.02. The zero-order valence-corrected chi connectivity index (χ0v) is 9.79. The highest BCUT2D eigenvalue weighted by Gasteiger charge is 2.19. The summed E-state index contributed by atoms with van der Waals surface area (Å²) in [7, 11) is 0. The van der Waals surface area contributed by atoms with E-state index in [4.69, 9.17) is 20.3 Å². The van der Waals surface area contributed by atoms with Gasteiger partial charge in [0.2, 0.25) is 6.79 Å². The number of aromatic nitrogens is 2. The number of fused-ring (bicyclic) bond motifs is 1. The summed E-state index contributed by atoms with van der Waals surface area (Å²) in [5.74, 6) is 0.411. The second kappa shape index (κ2) is 4.29. The Bertz CT molecular complexity index is 638. The van der Waals surface area contributed by atoms with Gasteiger partial charge in [0.1, 0.15) is 5.82 Å². The first-order valence-electron chi connectivity index (χ1n) is 5.58. The highest BCUT2D eigenvalue weighted by molar-refractivity contribution is 5.74. The number of hydrogen-bond donors (Lipinski definition) is 3. The van der Waals surface area contributed by atoms with Crippen LogP contribution < -0.4 is 15.2 Å². The second-order valence-electron chi connectivity index (χ2n) is 4.07. The Morgan fingerprint density at radius 2 is 2.21 bits per heavy atom. The van der Waals surface area contributed by atoms with Crippen molar-refractivity contribution in [3.05, 3.63) is 30.2 Å². The van der Waals surface area contributed by atoms with E-state index >= 15 is 0 Å². The number of nitrogens with zero attached hydrogens (tertiary/aromatic N) is 1. The van der Waals surface area contributed by atoms with E-state index in [1.165, 1.54) is 6.20 Å². The van der Waals surface area contributed by atoms with Crippen molar-refractivity contribution < 1.29 is 19.4 Å². The fraction of sp³-hybridized carbons (Fsp3) is 0.167. The Morgan fingerprint density at radius 1 is 1.42 bits per heavy atom. The van der Waals surface area contributed by atoms with Crippen molar-refractivity contribution in [3.63, 3.8) is 0 Å². The molecule has 0 aliphatic carbocycles. The van der Waals surface area contributed by atoms with Gasteiger partial charge in [-0.3, -0.25) is 4.79 Å². The van der Waals surface area contributed by atoms with Gasteiger partial charge in [0.15, 0.2) is 17.5 Å². The summed E-state index contributed by atoms with van der Waals surface area (Å²) in [6.45, 7) is 0.205. The number of carboxylic acid groups (broad SMARTS) is 1. The third kappa shape index (κ3) is 2.00. The third-order valence-electron chi connectivity index (χ3n) is 2.84. The summed E-state index contributed by atoms with van der Waals surface area (Å²) in [5, 5.41) is 8.82. The van der Waals surface area contributed by atoms with Crippen molar-refractivity contribution in [2.45, 2.75) is 6.04 Å². The average Bonchev–Trinajstić information content (AvgIpc) is 3.05. The predicted molar refractivity (Wildman–Crippen MR) is 64.7 cm³/mol. The van der Waals surface area contributed by atoms with E-state index in [-0.39, 0.29) is 12.6 Å². The average molecular weight is 261 g/mol. The smallest absolute Gasteiger partial charge is 0.328 e. The summed E-state index contributed by atoms with van der Waals surface area (Å²) in [6, 6.07) is 4.25. The summed E-state index contributed by atoms with van der Waals surface area (Å²) in [4.78, 5) is 17.6. The van der Waals surface area contributed by atoms with Crippen molar-refractivity contribution >= 4 is 5.97 Å². The number of ether oxygens (including phenoxy) is 2. The number of H-pyrrole nitrogens is 1. The quantitative estimate of drug-likeness (QED) is 0.756. The molecule has 0 amide bonds. The van der Waals surface area contributed by atoms with Crippen molar-refractivity contribution in [1.82, 2.24) is 9.97 Å². The topological polar surface area (TPSA) is 110 Å². The third-order valence-corrected chi connectivity index (χ3v) is 2.84. The van der Waals surface area contributed by atoms with Gasteiger partial charge in [-0.1, -0.05) is 0 Å². The van der Waals surface area contributed by atoms with E-state index in [0.29, 0.717) is 17.2 Å². The highest BCUT2D eigenvalue weighted by atomic mass is 16.7. The molecule has 19 heavy (non-hydrogen) atoms. The van der Waals surface area contributed by atoms with E-state index in [1.807, 2.05) is 6.07 Å². The number of nitrogens with one attached hydrogen (secondary N) is 1. The molecule has 2 heterocycles. The molecular formula is C12H11N3O4. The van der Waals surface area contributed by atoms with Crippen LogP contribution in [0.1, 0.15) is 11.9 Å². The first-order chi connectivity index (χ1) is 9.15. The molecule has 0 radical (unpaired) electrons. The molecule has 0 saturated heterocycles. The van der Waals surface area contributed by atoms with Crippen LogP contribution in [0.3, 0.4) is 0 Å². The molecule has 0 fully saturated rings. The number of benzene rings is 1. The van der Waals surface area contributed by atoms with Crippen LogP contribution in [0.15, 0.2) is 24.4 Å². The highest BCUT2D eigenvalue weighted by Crippen LogP contribution is 2.35. The maximum absolute atomic E-state index is 10.8. The normalized spacial score (nSPS) is 14.4. The molecule has 3 rings (SSSR count). The van der Waals surface area contributed by atoms with Gasteiger partial charge in [-0.25, -0.2) is 4.98 Å². The van der Waals surface area contributed by atoms with E-state index in [9.17, 15) is 4.79 Å². The van der Waals surface area contributed by atoms with Crippen LogP contribution in [0, 0.1) is 0 Å². The Balaban J connectivity index is 1.92. The van der Waals surface area contributed by atoms with Gasteiger partial charge < -0.3 is 25.3 Å². The van der Waals surface area contributed by atoms with Gasteiger partial charge in [-0.2, -0.15) is 0 Å². The Kier molecular flexibility index (Phi) is 2.60. The van der Waals surface area contributed by atoms with Crippen LogP contribution in [-0.4, -0.2) is 27.8 Å². The number of aromatic amines is 1. The molecule has 0 saturated carbocycles. The molecule has 0 bridgehead atoms. The summed E-state index contributed by atoms with van der Waals surface area (Å²) >= 11 is 0. The monoisotopic (exact) mass is 261 g/mol. The van der Waals surface area contributed by atoms with Gasteiger partial charge >= 0.3 is 5.97 Å². The number of rotatable bonds is 3. The van der Waals surface area contributed by atoms with E-state index in [2.05, 4.69) is 9.97 Å². The van der Waals surface area contributed by atoms with E-state index < -0.39 is 12.0 Å². The van der Waals surface area contributed by atoms with Gasteiger partial charge in [-0.05, 0) is 18.2 Å². The number of carbonyl (C=O) groups is 1. The molecule has 1 atom stereocenters. The minimum absolute atomic E-state index is 0.205. The van der Waals surface area contributed by atoms with Crippen LogP contribution in [-0.2, 0) is 4.79 Å². The van der Waals surface area contributed by atoms with Gasteiger partial charge in [-0.15, -0.1) is 0 Å². The number of carboxylic acids is 1. The maximum atomic E-state index is 10.8. The predicted octanol–water partition coefficient (Wildman–Crippen LogP) is 0.890. The van der Waals surface area contributed by atoms with Crippen LogP contribution in [0.25, 0.3) is 11.3 Å². The number of hydrogen-bond acceptors (Lipinski definition) is 5. The molecular weight excluding hydrogens is 250 g/mol. The fourth-order valence-corrected chi connectivity index (χ4v) is 1.82. The van der Waals surface area contributed by atoms with Gasteiger partial charge in [0.25, 0.3) is 0 Å². The Morgan fingerprint density at radius 3 is 3.00 bits per heavy atom. The largest absolute Gasteiger partial charge is 0.480 e. The molecule has 1 aliphatic heterocycles. The van der Waals surface area contributed by atoms with Crippen LogP contribution >= 0.6 is 0 Å². The lowest BCUT2D eigenvalue weighted by molar-refractivity contribution is -0.138. The van der Waals surface area contributed by atoms with Crippen molar-refractivity contribution in [3.8, 4) is 22.8 Å². The number of nitrogens with two attached hydrogens (primary N) is 1. The molecule has 2 aromatic rings. The molecule has 98 valence electrons. The molecule has 7 nitrogen and oxygen atoms in total. The molecule has 0 spiro atoms. The fourth-order valence-electron chi connectivity index (χ4n) is 1.82. The van der Waals surface area contributed by atoms with Gasteiger partial charge in [0.05, 0.1) is 11.9 Å². The molecule has 7 heteroatoms. The van der Waals surface area contributed by atoms with E-state index in [1.54, 1.807) is 12.1 Å². The standard InChI is InChI=1S/C12H11N3O4/c13-10(12(16)17)11-14-4-7(15-11)6-1-2-8-9(3-6)19-5-18-8/h1-4,10H,5,13H2,(H,14,15)(H,16,17). The minimum Gasteiger partial charge on any atom is -0.480 e. The lowest BCUT2D eigenvalue weighted by atomic mass is 10.1. The molecule has 1 aromatic heterocycles. The first-order valence-corrected chi connectivity index (χ1v) is 5.58. The van der Waals surface area contributed by atoms with E-state index in [0.717, 1.165) is 5.56 Å². The molecule has 1 aliphatic rings. The Labute approximate surface area is 108 Å². The number of aliphatic carboxylic acids is 1. The maximum Gasteiger partial charge on any atom is 0.328 e. The number of imidazole rings is 1. The zero-order valence-electron chi connectivity index (χ0n) is 9.79. The SMILES string of the molecule is NC(C(=O)O)c1ncc(-c2ccc3c(c2)OCO3)[nH]1. The van der Waals surface area contributed by atoms with Crippen LogP contribution in [0.2, 0.25) is 0 Å². The van der Waals surface area contributed by atoms with Crippen LogP contribution in [0.4, 0.5) is 0 Å².